The molecule has 0 amide bonds. The average molecular weight is 352 g/mol. The quantitative estimate of drug-likeness (QED) is 0.769. The first kappa shape index (κ1) is 13.2. The van der Waals surface area contributed by atoms with Crippen molar-refractivity contribution in [2.75, 3.05) is 14.2 Å². The molecular formula is C10H8Br2O4. The molecule has 1 rings (SSSR count). The molecule has 0 aliphatic rings. The van der Waals surface area contributed by atoms with Gasteiger partial charge in [-0.05, 0) is 28.1 Å². The van der Waals surface area contributed by atoms with Crippen molar-refractivity contribution in [2.45, 2.75) is 0 Å². The van der Waals surface area contributed by atoms with Crippen LogP contribution in [-0.2, 0) is 9.47 Å². The largest absolute Gasteiger partial charge is 0.465 e. The van der Waals surface area contributed by atoms with Crippen LogP contribution in [0.25, 0.3) is 0 Å². The number of halogens is 2. The Morgan fingerprint density at radius 2 is 1.62 bits per heavy atom. The van der Waals surface area contributed by atoms with Crippen molar-refractivity contribution < 1.29 is 19.1 Å². The molecule has 0 spiro atoms. The summed E-state index contributed by atoms with van der Waals surface area (Å²) in [5.74, 6) is -1.19. The Bertz CT molecular complexity index is 443. The van der Waals surface area contributed by atoms with Gasteiger partial charge in [-0.3, -0.25) is 0 Å². The first-order valence-electron chi connectivity index (χ1n) is 4.17. The van der Waals surface area contributed by atoms with Crippen molar-refractivity contribution in [1.82, 2.24) is 0 Å². The minimum absolute atomic E-state index is 0.149. The maximum absolute atomic E-state index is 11.5. The van der Waals surface area contributed by atoms with Crippen molar-refractivity contribution in [3.63, 3.8) is 0 Å². The van der Waals surface area contributed by atoms with Crippen LogP contribution in [0.3, 0.4) is 0 Å². The molecule has 0 N–H and O–H groups in total. The summed E-state index contributed by atoms with van der Waals surface area (Å²) in [6.45, 7) is 0. The van der Waals surface area contributed by atoms with E-state index < -0.39 is 11.9 Å². The molecule has 86 valence electrons. The lowest BCUT2D eigenvalue weighted by atomic mass is 10.1. The second-order valence-electron chi connectivity index (χ2n) is 2.79. The van der Waals surface area contributed by atoms with Gasteiger partial charge >= 0.3 is 11.9 Å². The molecule has 0 unspecified atom stereocenters. The smallest absolute Gasteiger partial charge is 0.339 e. The zero-order valence-electron chi connectivity index (χ0n) is 8.54. The summed E-state index contributed by atoms with van der Waals surface area (Å²) in [6.07, 6.45) is 0. The molecule has 0 aromatic heterocycles. The highest BCUT2D eigenvalue weighted by Crippen LogP contribution is 2.27. The van der Waals surface area contributed by atoms with E-state index in [-0.39, 0.29) is 11.1 Å². The van der Waals surface area contributed by atoms with E-state index in [0.717, 1.165) is 0 Å². The van der Waals surface area contributed by atoms with Crippen LogP contribution >= 0.6 is 31.9 Å². The predicted molar refractivity (Wildman–Crippen MR) is 64.5 cm³/mol. The van der Waals surface area contributed by atoms with E-state index in [2.05, 4.69) is 41.3 Å². The Morgan fingerprint density at radius 1 is 1.06 bits per heavy atom. The highest BCUT2D eigenvalue weighted by atomic mass is 79.9. The van der Waals surface area contributed by atoms with Gasteiger partial charge in [0.2, 0.25) is 0 Å². The zero-order valence-corrected chi connectivity index (χ0v) is 11.7. The normalized spacial score (nSPS) is 9.75. The van der Waals surface area contributed by atoms with Gasteiger partial charge in [0.05, 0.1) is 25.3 Å². The molecule has 1 aromatic carbocycles. The van der Waals surface area contributed by atoms with Gasteiger partial charge in [-0.1, -0.05) is 15.9 Å². The molecule has 0 radical (unpaired) electrons. The third-order valence-electron chi connectivity index (χ3n) is 1.85. The van der Waals surface area contributed by atoms with E-state index >= 15 is 0 Å². The lowest BCUT2D eigenvalue weighted by Gasteiger charge is -2.08. The molecule has 0 aliphatic carbocycles. The van der Waals surface area contributed by atoms with E-state index in [1.807, 2.05) is 0 Å². The molecule has 6 heteroatoms. The summed E-state index contributed by atoms with van der Waals surface area (Å²) in [4.78, 5) is 23.0. The summed E-state index contributed by atoms with van der Waals surface area (Å²) in [5.41, 5.74) is 0.299. The van der Waals surface area contributed by atoms with Gasteiger partial charge in [-0.25, -0.2) is 9.59 Å². The minimum Gasteiger partial charge on any atom is -0.465 e. The summed E-state index contributed by atoms with van der Waals surface area (Å²) < 4.78 is 10.3. The first-order chi connectivity index (χ1) is 7.51. The van der Waals surface area contributed by atoms with Gasteiger partial charge in [0.1, 0.15) is 0 Å². The molecule has 1 aromatic rings. The van der Waals surface area contributed by atoms with Crippen LogP contribution in [0, 0.1) is 0 Å². The summed E-state index contributed by atoms with van der Waals surface area (Å²) in [7, 11) is 2.50. The van der Waals surface area contributed by atoms with E-state index in [1.165, 1.54) is 20.3 Å². The monoisotopic (exact) mass is 350 g/mol. The van der Waals surface area contributed by atoms with Gasteiger partial charge in [-0.2, -0.15) is 0 Å². The van der Waals surface area contributed by atoms with Crippen LogP contribution in [0.15, 0.2) is 21.1 Å². The molecule has 0 atom stereocenters. The summed E-state index contributed by atoms with van der Waals surface area (Å²) in [6, 6.07) is 3.15. The van der Waals surface area contributed by atoms with E-state index in [1.54, 1.807) is 6.07 Å². The Balaban J connectivity index is 3.44. The van der Waals surface area contributed by atoms with Gasteiger partial charge in [0.25, 0.3) is 0 Å². The third-order valence-corrected chi connectivity index (χ3v) is 2.93. The SMILES string of the molecule is COC(=O)c1cc(Br)cc(Br)c1C(=O)OC. The molecule has 0 saturated heterocycles. The van der Waals surface area contributed by atoms with Crippen LogP contribution in [-0.4, -0.2) is 26.2 Å². The fourth-order valence-corrected chi connectivity index (χ4v) is 2.54. The third kappa shape index (κ3) is 2.62. The zero-order chi connectivity index (χ0) is 12.3. The van der Waals surface area contributed by atoms with Crippen molar-refractivity contribution in [2.24, 2.45) is 0 Å². The van der Waals surface area contributed by atoms with E-state index in [9.17, 15) is 9.59 Å². The number of hydrogen-bond acceptors (Lipinski definition) is 4. The standard InChI is InChI=1S/C10H8Br2O4/c1-15-9(13)6-3-5(11)4-7(12)8(6)10(14)16-2/h3-4H,1-2H3. The molecule has 0 bridgehead atoms. The maximum atomic E-state index is 11.5. The highest BCUT2D eigenvalue weighted by Gasteiger charge is 2.22. The van der Waals surface area contributed by atoms with Crippen molar-refractivity contribution in [3.8, 4) is 0 Å². The molecule has 0 saturated carbocycles. The number of ether oxygens (including phenoxy) is 2. The number of rotatable bonds is 2. The second-order valence-corrected chi connectivity index (χ2v) is 4.56. The van der Waals surface area contributed by atoms with E-state index in [4.69, 9.17) is 0 Å². The lowest BCUT2D eigenvalue weighted by molar-refractivity contribution is 0.0554. The number of hydrogen-bond donors (Lipinski definition) is 0. The van der Waals surface area contributed by atoms with Crippen molar-refractivity contribution in [1.29, 1.82) is 0 Å². The number of carbonyl (C=O) groups excluding carboxylic acids is 2. The summed E-state index contributed by atoms with van der Waals surface area (Å²) in [5, 5.41) is 0. The number of carbonyl (C=O) groups is 2. The molecule has 4 nitrogen and oxygen atoms in total. The van der Waals surface area contributed by atoms with Gasteiger partial charge in [0.15, 0.2) is 0 Å². The Labute approximate surface area is 109 Å². The fourth-order valence-electron chi connectivity index (χ4n) is 1.15. The van der Waals surface area contributed by atoms with E-state index in [0.29, 0.717) is 8.95 Å². The number of esters is 2. The highest BCUT2D eigenvalue weighted by molar-refractivity contribution is 9.11. The van der Waals surface area contributed by atoms with Gasteiger partial charge in [-0.15, -0.1) is 0 Å². The van der Waals surface area contributed by atoms with Crippen molar-refractivity contribution >= 4 is 43.8 Å². The molecule has 0 aliphatic heterocycles. The molecule has 0 fully saturated rings. The maximum Gasteiger partial charge on any atom is 0.339 e. The van der Waals surface area contributed by atoms with Crippen LogP contribution in [0.1, 0.15) is 20.7 Å². The number of methoxy groups -OCH3 is 2. The Morgan fingerprint density at radius 3 is 2.12 bits per heavy atom. The second kappa shape index (κ2) is 5.45. The Kier molecular flexibility index (Phi) is 4.49. The van der Waals surface area contributed by atoms with Crippen LogP contribution in [0.4, 0.5) is 0 Å². The van der Waals surface area contributed by atoms with Crippen molar-refractivity contribution in [3.05, 3.63) is 32.2 Å². The fraction of sp³-hybridized carbons (Fsp3) is 0.200. The van der Waals surface area contributed by atoms with Gasteiger partial charge in [0, 0.05) is 8.95 Å². The topological polar surface area (TPSA) is 52.6 Å². The molecule has 16 heavy (non-hydrogen) atoms. The predicted octanol–water partition coefficient (Wildman–Crippen LogP) is 2.78. The first-order valence-corrected chi connectivity index (χ1v) is 5.75. The van der Waals surface area contributed by atoms with Gasteiger partial charge < -0.3 is 9.47 Å². The minimum atomic E-state index is -0.597. The summed E-state index contributed by atoms with van der Waals surface area (Å²) >= 11 is 6.42. The average Bonchev–Trinajstić information content (AvgIpc) is 2.26. The van der Waals surface area contributed by atoms with Crippen LogP contribution < -0.4 is 0 Å². The van der Waals surface area contributed by atoms with Crippen LogP contribution in [0.5, 0.6) is 0 Å². The Hall–Kier alpha value is -0.880. The molecular weight excluding hydrogens is 344 g/mol. The van der Waals surface area contributed by atoms with Crippen LogP contribution in [0.2, 0.25) is 0 Å². The number of benzene rings is 1. The molecule has 0 heterocycles. The lowest BCUT2D eigenvalue weighted by Crippen LogP contribution is -2.12.